The second-order valence-electron chi connectivity index (χ2n) is 5.60. The number of piperazine rings is 1. The van der Waals surface area contributed by atoms with Gasteiger partial charge in [-0.05, 0) is 17.2 Å². The Labute approximate surface area is 124 Å². The summed E-state index contributed by atoms with van der Waals surface area (Å²) in [5.41, 5.74) is 2.15. The third-order valence-corrected chi connectivity index (χ3v) is 4.08. The first-order valence-corrected chi connectivity index (χ1v) is 7.42. The lowest BCUT2D eigenvalue weighted by atomic mass is 9.91. The molecule has 0 spiro atoms. The number of alkyl halides is 2. The van der Waals surface area contributed by atoms with Crippen LogP contribution >= 0.6 is 0 Å². The first-order chi connectivity index (χ1) is 10.2. The van der Waals surface area contributed by atoms with Crippen molar-refractivity contribution in [2.24, 2.45) is 0 Å². The average molecular weight is 290 g/mol. The second kappa shape index (κ2) is 6.08. The summed E-state index contributed by atoms with van der Waals surface area (Å²) in [7, 11) is 0. The van der Waals surface area contributed by atoms with Crippen molar-refractivity contribution in [2.45, 2.75) is 18.4 Å². The number of hydrogen-bond acceptors (Lipinski definition) is 2. The lowest BCUT2D eigenvalue weighted by molar-refractivity contribution is 0.0563. The average Bonchev–Trinajstić information content (AvgIpc) is 2.51. The third-order valence-electron chi connectivity index (χ3n) is 4.08. The molecule has 21 heavy (non-hydrogen) atoms. The molecule has 0 aromatic heterocycles. The van der Waals surface area contributed by atoms with Gasteiger partial charge in [0.05, 0.1) is 6.04 Å². The van der Waals surface area contributed by atoms with Crippen molar-refractivity contribution in [2.75, 3.05) is 26.2 Å². The molecule has 3 rings (SSSR count). The Bertz CT molecular complexity index is 531. The van der Waals surface area contributed by atoms with Gasteiger partial charge in [-0.3, -0.25) is 4.90 Å². The van der Waals surface area contributed by atoms with E-state index in [4.69, 9.17) is 0 Å². The lowest BCUT2D eigenvalue weighted by Crippen LogP contribution is -2.45. The van der Waals surface area contributed by atoms with Crippen molar-refractivity contribution in [1.82, 2.24) is 10.2 Å². The Kier molecular flexibility index (Phi) is 4.17. The van der Waals surface area contributed by atoms with Crippen LogP contribution in [0.5, 0.6) is 0 Å². The number of rotatable bonds is 3. The van der Waals surface area contributed by atoms with E-state index in [2.05, 4.69) is 22.3 Å². The Hall–Kier alpha value is -1.52. The Morgan fingerprint density at radius 1 is 1.10 bits per heavy atom. The highest BCUT2D eigenvalue weighted by Crippen LogP contribution is 2.35. The van der Waals surface area contributed by atoms with Gasteiger partial charge in [0.2, 0.25) is 0 Å². The quantitative estimate of drug-likeness (QED) is 0.920. The maximum Gasteiger partial charge on any atom is 0.270 e. The standard InChI is InChI=1S/C17H20F2N2/c18-17(19)8-6-15(7-9-17)16(14-4-2-1-3-5-14)21-12-10-20-11-13-21/h1-8,16,20H,9-13H2. The van der Waals surface area contributed by atoms with Gasteiger partial charge in [-0.2, -0.15) is 0 Å². The first-order valence-electron chi connectivity index (χ1n) is 7.42. The summed E-state index contributed by atoms with van der Waals surface area (Å²) in [4.78, 5) is 2.37. The fourth-order valence-corrected chi connectivity index (χ4v) is 3.00. The summed E-state index contributed by atoms with van der Waals surface area (Å²) in [6.45, 7) is 3.75. The number of halogens is 2. The number of hydrogen-bond donors (Lipinski definition) is 1. The van der Waals surface area contributed by atoms with E-state index < -0.39 is 5.92 Å². The van der Waals surface area contributed by atoms with Gasteiger partial charge in [0.1, 0.15) is 0 Å². The fraction of sp³-hybridized carbons (Fsp3) is 0.412. The van der Waals surface area contributed by atoms with Crippen LogP contribution in [0.3, 0.4) is 0 Å². The largest absolute Gasteiger partial charge is 0.314 e. The summed E-state index contributed by atoms with van der Waals surface area (Å²) in [5, 5.41) is 3.34. The van der Waals surface area contributed by atoms with Crippen LogP contribution in [-0.4, -0.2) is 37.0 Å². The van der Waals surface area contributed by atoms with Crippen LogP contribution in [0.1, 0.15) is 18.0 Å². The van der Waals surface area contributed by atoms with Gasteiger partial charge in [-0.25, -0.2) is 8.78 Å². The van der Waals surface area contributed by atoms with E-state index in [0.29, 0.717) is 0 Å². The molecule has 0 radical (unpaired) electrons. The molecule has 1 atom stereocenters. The highest BCUT2D eigenvalue weighted by Gasteiger charge is 2.31. The molecule has 1 saturated heterocycles. The molecule has 1 aliphatic heterocycles. The molecule has 2 aliphatic rings. The summed E-state index contributed by atoms with van der Waals surface area (Å²) >= 11 is 0. The minimum Gasteiger partial charge on any atom is -0.314 e. The zero-order chi connectivity index (χ0) is 14.7. The smallest absolute Gasteiger partial charge is 0.270 e. The van der Waals surface area contributed by atoms with E-state index in [1.165, 1.54) is 5.56 Å². The van der Waals surface area contributed by atoms with E-state index in [1.807, 2.05) is 18.2 Å². The molecule has 0 saturated carbocycles. The second-order valence-corrected chi connectivity index (χ2v) is 5.60. The van der Waals surface area contributed by atoms with Gasteiger partial charge in [0.25, 0.3) is 5.92 Å². The Morgan fingerprint density at radius 2 is 1.81 bits per heavy atom. The van der Waals surface area contributed by atoms with Crippen molar-refractivity contribution in [1.29, 1.82) is 0 Å². The highest BCUT2D eigenvalue weighted by atomic mass is 19.3. The number of nitrogens with zero attached hydrogens (tertiary/aromatic N) is 1. The van der Waals surface area contributed by atoms with Crippen molar-refractivity contribution in [3.63, 3.8) is 0 Å². The maximum absolute atomic E-state index is 13.3. The zero-order valence-corrected chi connectivity index (χ0v) is 11.9. The van der Waals surface area contributed by atoms with E-state index in [-0.39, 0.29) is 12.5 Å². The highest BCUT2D eigenvalue weighted by molar-refractivity contribution is 5.37. The summed E-state index contributed by atoms with van der Waals surface area (Å²) in [6.07, 6.45) is 4.14. The van der Waals surface area contributed by atoms with Crippen LogP contribution in [0.25, 0.3) is 0 Å². The molecule has 1 fully saturated rings. The van der Waals surface area contributed by atoms with Gasteiger partial charge in [0.15, 0.2) is 0 Å². The van der Waals surface area contributed by atoms with E-state index in [1.54, 1.807) is 12.2 Å². The Balaban J connectivity index is 1.90. The first kappa shape index (κ1) is 14.4. The molecule has 0 bridgehead atoms. The molecule has 1 aromatic rings. The molecule has 1 unspecified atom stereocenters. The SMILES string of the molecule is FC1(F)C=CC(C(c2ccccc2)N2CCNCC2)=CC1. The summed E-state index contributed by atoms with van der Waals surface area (Å²) < 4.78 is 26.7. The van der Waals surface area contributed by atoms with Gasteiger partial charge in [-0.1, -0.05) is 42.5 Å². The zero-order valence-electron chi connectivity index (χ0n) is 11.9. The fourth-order valence-electron chi connectivity index (χ4n) is 3.00. The molecule has 1 heterocycles. The molecule has 2 nitrogen and oxygen atoms in total. The topological polar surface area (TPSA) is 15.3 Å². The van der Waals surface area contributed by atoms with Gasteiger partial charge < -0.3 is 5.32 Å². The monoisotopic (exact) mass is 290 g/mol. The van der Waals surface area contributed by atoms with E-state index in [0.717, 1.165) is 37.8 Å². The summed E-state index contributed by atoms with van der Waals surface area (Å²) in [5.74, 6) is -2.70. The molecule has 0 amide bonds. The summed E-state index contributed by atoms with van der Waals surface area (Å²) in [6, 6.07) is 10.2. The van der Waals surface area contributed by atoms with Crippen molar-refractivity contribution in [3.05, 3.63) is 59.7 Å². The molecule has 1 aromatic carbocycles. The minimum atomic E-state index is -2.70. The van der Waals surface area contributed by atoms with Crippen LogP contribution in [0.2, 0.25) is 0 Å². The third kappa shape index (κ3) is 3.39. The molecule has 4 heteroatoms. The van der Waals surface area contributed by atoms with Gasteiger partial charge >= 0.3 is 0 Å². The van der Waals surface area contributed by atoms with Crippen molar-refractivity contribution in [3.8, 4) is 0 Å². The molecule has 1 aliphatic carbocycles. The number of benzene rings is 1. The van der Waals surface area contributed by atoms with Crippen LogP contribution in [-0.2, 0) is 0 Å². The molecule has 112 valence electrons. The van der Waals surface area contributed by atoms with Crippen LogP contribution in [0.4, 0.5) is 8.78 Å². The molecular formula is C17H20F2N2. The number of nitrogens with one attached hydrogen (secondary N) is 1. The maximum atomic E-state index is 13.3. The van der Waals surface area contributed by atoms with E-state index >= 15 is 0 Å². The molecular weight excluding hydrogens is 270 g/mol. The lowest BCUT2D eigenvalue weighted by Gasteiger charge is -2.37. The van der Waals surface area contributed by atoms with Crippen LogP contribution < -0.4 is 5.32 Å². The minimum absolute atomic E-state index is 0.0700. The van der Waals surface area contributed by atoms with Crippen LogP contribution in [0, 0.1) is 0 Å². The van der Waals surface area contributed by atoms with Crippen molar-refractivity contribution >= 4 is 0 Å². The normalized spacial score (nSPS) is 23.6. The molecule has 1 N–H and O–H groups in total. The predicted octanol–water partition coefficient (Wildman–Crippen LogP) is 3.15. The van der Waals surface area contributed by atoms with Gasteiger partial charge in [-0.15, -0.1) is 0 Å². The van der Waals surface area contributed by atoms with Crippen LogP contribution in [0.15, 0.2) is 54.1 Å². The predicted molar refractivity (Wildman–Crippen MR) is 80.4 cm³/mol. The van der Waals surface area contributed by atoms with Crippen molar-refractivity contribution < 1.29 is 8.78 Å². The Morgan fingerprint density at radius 3 is 2.43 bits per heavy atom. The van der Waals surface area contributed by atoms with Gasteiger partial charge in [0, 0.05) is 32.6 Å². The number of allylic oxidation sites excluding steroid dienone is 2. The van der Waals surface area contributed by atoms with E-state index in [9.17, 15) is 8.78 Å².